The van der Waals surface area contributed by atoms with Crippen molar-refractivity contribution in [2.75, 3.05) is 19.6 Å². The van der Waals surface area contributed by atoms with Gasteiger partial charge in [0.15, 0.2) is 0 Å². The highest BCUT2D eigenvalue weighted by Crippen LogP contribution is 2.45. The molecule has 1 saturated carbocycles. The summed E-state index contributed by atoms with van der Waals surface area (Å²) in [4.78, 5) is 2.72. The van der Waals surface area contributed by atoms with Gasteiger partial charge in [-0.15, -0.1) is 0 Å². The predicted octanol–water partition coefficient (Wildman–Crippen LogP) is 4.19. The maximum absolute atomic E-state index is 6.15. The number of hydrogen-bond donors (Lipinski definition) is 1. The number of hydrogen-bond acceptors (Lipinski definition) is 2. The summed E-state index contributed by atoms with van der Waals surface area (Å²) in [6.45, 7) is 10.4. The van der Waals surface area contributed by atoms with Crippen molar-refractivity contribution >= 4 is 0 Å². The highest BCUT2D eigenvalue weighted by atomic mass is 15.2. The molecule has 0 amide bonds. The van der Waals surface area contributed by atoms with Gasteiger partial charge < -0.3 is 5.73 Å². The van der Waals surface area contributed by atoms with E-state index in [1.807, 2.05) is 0 Å². The lowest BCUT2D eigenvalue weighted by atomic mass is 9.67. The van der Waals surface area contributed by atoms with E-state index < -0.39 is 0 Å². The normalized spacial score (nSPS) is 26.9. The Morgan fingerprint density at radius 3 is 2.15 bits per heavy atom. The molecule has 2 N–H and O–H groups in total. The van der Waals surface area contributed by atoms with Gasteiger partial charge >= 0.3 is 0 Å². The van der Waals surface area contributed by atoms with Crippen LogP contribution in [0.25, 0.3) is 0 Å². The Balaban J connectivity index is 1.90. The molecule has 1 atom stereocenters. The summed E-state index contributed by atoms with van der Waals surface area (Å²) in [5, 5.41) is 0. The topological polar surface area (TPSA) is 29.3 Å². The summed E-state index contributed by atoms with van der Waals surface area (Å²) in [7, 11) is 0. The summed E-state index contributed by atoms with van der Waals surface area (Å²) in [6, 6.07) is 0. The van der Waals surface area contributed by atoms with Gasteiger partial charge in [-0.1, -0.05) is 33.1 Å². The molecule has 0 radical (unpaired) electrons. The van der Waals surface area contributed by atoms with Crippen LogP contribution in [0.15, 0.2) is 0 Å². The van der Waals surface area contributed by atoms with E-state index in [2.05, 4.69) is 25.7 Å². The van der Waals surface area contributed by atoms with Gasteiger partial charge in [-0.25, -0.2) is 0 Å². The SMILES string of the molecule is CC(C)CCC(C)(CN)N1CCC2(CCCCC2)CC1. The fourth-order valence-electron chi connectivity index (χ4n) is 4.31. The van der Waals surface area contributed by atoms with Crippen LogP contribution in [0.5, 0.6) is 0 Å². The predicted molar refractivity (Wildman–Crippen MR) is 87.9 cm³/mol. The summed E-state index contributed by atoms with van der Waals surface area (Å²) < 4.78 is 0. The Labute approximate surface area is 126 Å². The molecule has 0 aromatic rings. The van der Waals surface area contributed by atoms with Crippen molar-refractivity contribution in [2.24, 2.45) is 17.1 Å². The van der Waals surface area contributed by atoms with Gasteiger partial charge in [0.05, 0.1) is 0 Å². The number of piperidine rings is 1. The van der Waals surface area contributed by atoms with Crippen molar-refractivity contribution in [3.63, 3.8) is 0 Å². The van der Waals surface area contributed by atoms with Crippen LogP contribution in [0, 0.1) is 11.3 Å². The van der Waals surface area contributed by atoms with E-state index in [0.29, 0.717) is 5.41 Å². The molecule has 2 nitrogen and oxygen atoms in total. The summed E-state index contributed by atoms with van der Waals surface area (Å²) >= 11 is 0. The molecule has 1 aliphatic heterocycles. The van der Waals surface area contributed by atoms with Gasteiger partial charge in [0.1, 0.15) is 0 Å². The fraction of sp³-hybridized carbons (Fsp3) is 1.00. The molecule has 0 aromatic carbocycles. The monoisotopic (exact) mass is 280 g/mol. The van der Waals surface area contributed by atoms with Crippen molar-refractivity contribution in [1.82, 2.24) is 4.90 Å². The van der Waals surface area contributed by atoms with Gasteiger partial charge in [-0.3, -0.25) is 4.90 Å². The number of nitrogens with two attached hydrogens (primary N) is 1. The van der Waals surface area contributed by atoms with Gasteiger partial charge in [0.2, 0.25) is 0 Å². The lowest BCUT2D eigenvalue weighted by Gasteiger charge is -2.50. The zero-order valence-electron chi connectivity index (χ0n) is 14.1. The van der Waals surface area contributed by atoms with Crippen molar-refractivity contribution in [1.29, 1.82) is 0 Å². The largest absolute Gasteiger partial charge is 0.329 e. The van der Waals surface area contributed by atoms with Gasteiger partial charge in [-0.2, -0.15) is 0 Å². The summed E-state index contributed by atoms with van der Waals surface area (Å²) in [5.41, 5.74) is 7.10. The molecule has 1 heterocycles. The van der Waals surface area contributed by atoms with Crippen LogP contribution in [0.2, 0.25) is 0 Å². The first kappa shape index (κ1) is 16.3. The first-order valence-corrected chi connectivity index (χ1v) is 8.95. The van der Waals surface area contributed by atoms with E-state index in [-0.39, 0.29) is 5.54 Å². The van der Waals surface area contributed by atoms with E-state index in [1.54, 1.807) is 0 Å². The Bertz CT molecular complexity index is 284. The maximum atomic E-state index is 6.15. The molecule has 1 aliphatic carbocycles. The second-order valence-electron chi connectivity index (χ2n) is 8.18. The molecule has 1 unspecified atom stereocenters. The van der Waals surface area contributed by atoms with E-state index in [0.717, 1.165) is 12.5 Å². The van der Waals surface area contributed by atoms with E-state index in [9.17, 15) is 0 Å². The van der Waals surface area contributed by atoms with Gasteiger partial charge in [-0.05, 0) is 69.9 Å². The average molecular weight is 280 g/mol. The summed E-state index contributed by atoms with van der Waals surface area (Å²) in [5.74, 6) is 0.787. The number of likely N-dealkylation sites (tertiary alicyclic amines) is 1. The molecule has 2 aliphatic rings. The van der Waals surface area contributed by atoms with Gasteiger partial charge in [0, 0.05) is 12.1 Å². The van der Waals surface area contributed by atoms with Crippen LogP contribution >= 0.6 is 0 Å². The standard InChI is InChI=1S/C18H36N2/c1-16(2)7-10-17(3,15-19)20-13-11-18(12-14-20)8-5-4-6-9-18/h16H,4-15,19H2,1-3H3. The molecular weight excluding hydrogens is 244 g/mol. The lowest BCUT2D eigenvalue weighted by molar-refractivity contribution is 0.00572. The first-order valence-electron chi connectivity index (χ1n) is 8.95. The Hall–Kier alpha value is -0.0800. The first-order chi connectivity index (χ1) is 9.50. The molecule has 2 fully saturated rings. The van der Waals surface area contributed by atoms with Crippen molar-refractivity contribution in [2.45, 2.75) is 84.1 Å². The van der Waals surface area contributed by atoms with Crippen LogP contribution in [0.1, 0.15) is 78.6 Å². The quantitative estimate of drug-likeness (QED) is 0.818. The fourth-order valence-corrected chi connectivity index (χ4v) is 4.31. The smallest absolute Gasteiger partial charge is 0.0303 e. The second-order valence-corrected chi connectivity index (χ2v) is 8.18. The molecule has 1 saturated heterocycles. The minimum atomic E-state index is 0.237. The molecule has 0 bridgehead atoms. The highest BCUT2D eigenvalue weighted by Gasteiger charge is 2.40. The second kappa shape index (κ2) is 6.79. The molecule has 2 rings (SSSR count). The zero-order valence-corrected chi connectivity index (χ0v) is 14.1. The Morgan fingerprint density at radius 1 is 1.05 bits per heavy atom. The molecule has 118 valence electrons. The molecular formula is C18H36N2. The van der Waals surface area contributed by atoms with Crippen LogP contribution in [-0.4, -0.2) is 30.1 Å². The van der Waals surface area contributed by atoms with E-state index >= 15 is 0 Å². The minimum absolute atomic E-state index is 0.237. The molecule has 0 aromatic heterocycles. The molecule has 20 heavy (non-hydrogen) atoms. The Morgan fingerprint density at radius 2 is 1.65 bits per heavy atom. The van der Waals surface area contributed by atoms with E-state index in [1.165, 1.54) is 70.9 Å². The third-order valence-corrected chi connectivity index (χ3v) is 6.20. The number of rotatable bonds is 5. The average Bonchev–Trinajstić information content (AvgIpc) is 2.46. The molecule has 2 heteroatoms. The third kappa shape index (κ3) is 3.76. The van der Waals surface area contributed by atoms with Crippen LogP contribution in [-0.2, 0) is 0 Å². The van der Waals surface area contributed by atoms with E-state index in [4.69, 9.17) is 5.73 Å². The Kier molecular flexibility index (Phi) is 5.53. The van der Waals surface area contributed by atoms with Crippen LogP contribution in [0.3, 0.4) is 0 Å². The van der Waals surface area contributed by atoms with Crippen molar-refractivity contribution in [3.05, 3.63) is 0 Å². The van der Waals surface area contributed by atoms with Crippen molar-refractivity contribution < 1.29 is 0 Å². The number of nitrogens with zero attached hydrogens (tertiary/aromatic N) is 1. The zero-order chi connectivity index (χ0) is 14.6. The highest BCUT2D eigenvalue weighted by molar-refractivity contribution is 4.95. The summed E-state index contributed by atoms with van der Waals surface area (Å²) in [6.07, 6.45) is 12.8. The maximum Gasteiger partial charge on any atom is 0.0303 e. The van der Waals surface area contributed by atoms with Crippen LogP contribution < -0.4 is 5.73 Å². The minimum Gasteiger partial charge on any atom is -0.329 e. The van der Waals surface area contributed by atoms with Gasteiger partial charge in [0.25, 0.3) is 0 Å². The molecule has 1 spiro atoms. The third-order valence-electron chi connectivity index (χ3n) is 6.20. The van der Waals surface area contributed by atoms with Crippen molar-refractivity contribution in [3.8, 4) is 0 Å². The van der Waals surface area contributed by atoms with Crippen LogP contribution in [0.4, 0.5) is 0 Å². The lowest BCUT2D eigenvalue weighted by Crippen LogP contribution is -2.56.